The van der Waals surface area contributed by atoms with E-state index in [2.05, 4.69) is 36.8 Å². The van der Waals surface area contributed by atoms with Crippen LogP contribution in [0.4, 0.5) is 0 Å². The Morgan fingerprint density at radius 2 is 2.00 bits per heavy atom. The summed E-state index contributed by atoms with van der Waals surface area (Å²) in [6.45, 7) is 2.13. The Hall–Kier alpha value is -0.910. The number of halogens is 2. The molecule has 1 N–H and O–H groups in total. The van der Waals surface area contributed by atoms with Gasteiger partial charge in [0.1, 0.15) is 12.4 Å². The van der Waals surface area contributed by atoms with Crippen LogP contribution in [0.5, 0.6) is 5.75 Å². The lowest BCUT2D eigenvalue weighted by Crippen LogP contribution is -2.01. The summed E-state index contributed by atoms with van der Waals surface area (Å²) in [4.78, 5) is 4.08. The maximum Gasteiger partial charge on any atom is 0.125 e. The van der Waals surface area contributed by atoms with Crippen LogP contribution in [0, 0.1) is 0 Å². The molecule has 1 atom stereocenters. The Balaban J connectivity index is 2.15. The number of aromatic nitrogens is 1. The van der Waals surface area contributed by atoms with E-state index < -0.39 is 6.10 Å². The average molecular weight is 387 g/mol. The minimum atomic E-state index is -0.576. The van der Waals surface area contributed by atoms with Gasteiger partial charge in [0, 0.05) is 32.5 Å². The predicted molar refractivity (Wildman–Crippen MR) is 81.0 cm³/mol. The summed E-state index contributed by atoms with van der Waals surface area (Å²) in [7, 11) is 0. The lowest BCUT2D eigenvalue weighted by Gasteiger charge is -2.14. The third-order valence-corrected chi connectivity index (χ3v) is 3.50. The molecule has 0 saturated heterocycles. The second kappa shape index (κ2) is 6.50. The van der Waals surface area contributed by atoms with Crippen molar-refractivity contribution in [2.45, 2.75) is 19.6 Å². The first kappa shape index (κ1) is 14.5. The molecule has 0 aliphatic heterocycles. The maximum atomic E-state index is 9.75. The first-order chi connectivity index (χ1) is 9.06. The summed E-state index contributed by atoms with van der Waals surface area (Å²) in [5.74, 6) is 0.679. The van der Waals surface area contributed by atoms with Crippen molar-refractivity contribution in [3.8, 4) is 5.75 Å². The first-order valence-corrected chi connectivity index (χ1v) is 7.34. The molecule has 1 aromatic carbocycles. The average Bonchev–Trinajstić information content (AvgIpc) is 2.37. The predicted octanol–water partition coefficient (Wildman–Crippen LogP) is 4.24. The van der Waals surface area contributed by atoms with Crippen LogP contribution in [0.3, 0.4) is 0 Å². The minimum absolute atomic E-state index is 0.411. The SMILES string of the molecule is C[C@@H](O)c1cc(Br)ccc1OCc1cncc(Br)c1. The number of benzene rings is 1. The molecule has 0 amide bonds. The number of aliphatic hydroxyl groups is 1. The Bertz CT molecular complexity index is 573. The molecular formula is C14H13Br2NO2. The highest BCUT2D eigenvalue weighted by atomic mass is 79.9. The summed E-state index contributed by atoms with van der Waals surface area (Å²) < 4.78 is 7.59. The Kier molecular flexibility index (Phi) is 4.96. The molecule has 19 heavy (non-hydrogen) atoms. The molecule has 1 aromatic heterocycles. The van der Waals surface area contributed by atoms with Crippen LogP contribution < -0.4 is 4.74 Å². The van der Waals surface area contributed by atoms with Gasteiger partial charge < -0.3 is 9.84 Å². The number of nitrogens with zero attached hydrogens (tertiary/aromatic N) is 1. The number of hydrogen-bond acceptors (Lipinski definition) is 3. The standard InChI is InChI=1S/C14H13Br2NO2/c1-9(18)13-5-11(15)2-3-14(13)19-8-10-4-12(16)7-17-6-10/h2-7,9,18H,8H2,1H3/t9-/m1/s1. The fourth-order valence-corrected chi connectivity index (χ4v) is 2.46. The van der Waals surface area contributed by atoms with E-state index in [1.165, 1.54) is 0 Å². The van der Waals surface area contributed by atoms with E-state index in [0.717, 1.165) is 20.1 Å². The van der Waals surface area contributed by atoms with Gasteiger partial charge >= 0.3 is 0 Å². The molecule has 100 valence electrons. The molecule has 0 aliphatic carbocycles. The largest absolute Gasteiger partial charge is 0.488 e. The molecule has 0 fully saturated rings. The third kappa shape index (κ3) is 4.03. The van der Waals surface area contributed by atoms with Gasteiger partial charge in [-0.3, -0.25) is 4.98 Å². The fourth-order valence-electron chi connectivity index (χ4n) is 1.67. The topological polar surface area (TPSA) is 42.4 Å². The van der Waals surface area contributed by atoms with Gasteiger partial charge in [0.2, 0.25) is 0 Å². The maximum absolute atomic E-state index is 9.75. The second-order valence-corrected chi connectivity index (χ2v) is 5.99. The lowest BCUT2D eigenvalue weighted by atomic mass is 10.1. The van der Waals surface area contributed by atoms with Crippen molar-refractivity contribution in [2.75, 3.05) is 0 Å². The lowest BCUT2D eigenvalue weighted by molar-refractivity contribution is 0.190. The van der Waals surface area contributed by atoms with Crippen molar-refractivity contribution >= 4 is 31.9 Å². The molecule has 0 bridgehead atoms. The van der Waals surface area contributed by atoms with E-state index in [1.54, 1.807) is 19.3 Å². The molecule has 3 nitrogen and oxygen atoms in total. The number of ether oxygens (including phenoxy) is 1. The van der Waals surface area contributed by atoms with E-state index in [9.17, 15) is 5.11 Å². The Morgan fingerprint density at radius 3 is 2.68 bits per heavy atom. The molecule has 0 aliphatic rings. The van der Waals surface area contributed by atoms with Crippen molar-refractivity contribution in [2.24, 2.45) is 0 Å². The first-order valence-electron chi connectivity index (χ1n) is 5.76. The van der Waals surface area contributed by atoms with Crippen molar-refractivity contribution < 1.29 is 9.84 Å². The van der Waals surface area contributed by atoms with Gasteiger partial charge in [0.15, 0.2) is 0 Å². The zero-order valence-corrected chi connectivity index (χ0v) is 13.5. The summed E-state index contributed by atoms with van der Waals surface area (Å²) >= 11 is 6.76. The Labute approximate surface area is 128 Å². The number of rotatable bonds is 4. The highest BCUT2D eigenvalue weighted by molar-refractivity contribution is 9.10. The van der Waals surface area contributed by atoms with Gasteiger partial charge in [0.05, 0.1) is 6.10 Å². The molecule has 5 heteroatoms. The summed E-state index contributed by atoms with van der Waals surface area (Å²) in [6.07, 6.45) is 2.91. The monoisotopic (exact) mass is 385 g/mol. The van der Waals surface area contributed by atoms with Gasteiger partial charge in [0.25, 0.3) is 0 Å². The molecule has 0 spiro atoms. The van der Waals surface area contributed by atoms with Crippen LogP contribution in [0.15, 0.2) is 45.6 Å². The summed E-state index contributed by atoms with van der Waals surface area (Å²) in [6, 6.07) is 7.55. The quantitative estimate of drug-likeness (QED) is 0.854. The fraction of sp³-hybridized carbons (Fsp3) is 0.214. The van der Waals surface area contributed by atoms with E-state index in [1.807, 2.05) is 24.3 Å². The third-order valence-electron chi connectivity index (χ3n) is 2.58. The van der Waals surface area contributed by atoms with E-state index in [-0.39, 0.29) is 0 Å². The summed E-state index contributed by atoms with van der Waals surface area (Å²) in [5, 5.41) is 9.75. The van der Waals surface area contributed by atoms with Crippen LogP contribution in [-0.2, 0) is 6.61 Å². The zero-order valence-electron chi connectivity index (χ0n) is 10.3. The van der Waals surface area contributed by atoms with Gasteiger partial charge in [-0.05, 0) is 47.1 Å². The molecule has 2 rings (SSSR count). The Morgan fingerprint density at radius 1 is 1.21 bits per heavy atom. The second-order valence-electron chi connectivity index (χ2n) is 4.16. The van der Waals surface area contributed by atoms with E-state index in [0.29, 0.717) is 12.4 Å². The van der Waals surface area contributed by atoms with Crippen molar-refractivity contribution in [3.05, 3.63) is 56.7 Å². The number of aliphatic hydroxyl groups excluding tert-OH is 1. The van der Waals surface area contributed by atoms with Crippen LogP contribution in [0.1, 0.15) is 24.2 Å². The van der Waals surface area contributed by atoms with Crippen LogP contribution >= 0.6 is 31.9 Å². The summed E-state index contributed by atoms with van der Waals surface area (Å²) in [5.41, 5.74) is 1.73. The van der Waals surface area contributed by atoms with Crippen LogP contribution in [0.2, 0.25) is 0 Å². The number of hydrogen-bond donors (Lipinski definition) is 1. The van der Waals surface area contributed by atoms with E-state index >= 15 is 0 Å². The highest BCUT2D eigenvalue weighted by Gasteiger charge is 2.10. The van der Waals surface area contributed by atoms with Gasteiger partial charge in [-0.2, -0.15) is 0 Å². The van der Waals surface area contributed by atoms with Gasteiger partial charge in [-0.1, -0.05) is 15.9 Å². The minimum Gasteiger partial charge on any atom is -0.488 e. The van der Waals surface area contributed by atoms with Crippen molar-refractivity contribution in [1.29, 1.82) is 0 Å². The van der Waals surface area contributed by atoms with Gasteiger partial charge in [-0.25, -0.2) is 0 Å². The molecule has 2 aromatic rings. The highest BCUT2D eigenvalue weighted by Crippen LogP contribution is 2.29. The smallest absolute Gasteiger partial charge is 0.125 e. The van der Waals surface area contributed by atoms with Crippen LogP contribution in [-0.4, -0.2) is 10.1 Å². The normalized spacial score (nSPS) is 12.2. The zero-order chi connectivity index (χ0) is 13.8. The van der Waals surface area contributed by atoms with E-state index in [4.69, 9.17) is 4.74 Å². The number of pyridine rings is 1. The molecule has 1 heterocycles. The molecular weight excluding hydrogens is 374 g/mol. The molecule has 0 radical (unpaired) electrons. The van der Waals surface area contributed by atoms with Crippen molar-refractivity contribution in [3.63, 3.8) is 0 Å². The van der Waals surface area contributed by atoms with Crippen LogP contribution in [0.25, 0.3) is 0 Å². The van der Waals surface area contributed by atoms with Crippen molar-refractivity contribution in [1.82, 2.24) is 4.98 Å². The molecule has 0 saturated carbocycles. The van der Waals surface area contributed by atoms with Gasteiger partial charge in [-0.15, -0.1) is 0 Å². The molecule has 0 unspecified atom stereocenters.